The molecule has 3 N–H and O–H groups in total. The number of nitrogen functional groups attached to an aromatic ring is 1. The van der Waals surface area contributed by atoms with Crippen LogP contribution in [-0.4, -0.2) is 37.0 Å². The van der Waals surface area contributed by atoms with Gasteiger partial charge in [0.2, 0.25) is 5.91 Å². The van der Waals surface area contributed by atoms with Gasteiger partial charge in [-0.1, -0.05) is 12.1 Å². The van der Waals surface area contributed by atoms with Gasteiger partial charge in [0.1, 0.15) is 0 Å². The van der Waals surface area contributed by atoms with Crippen LogP contribution in [0.15, 0.2) is 24.3 Å². The minimum Gasteiger partial charge on any atom is -0.399 e. The third-order valence-corrected chi connectivity index (χ3v) is 5.40. The lowest BCUT2D eigenvalue weighted by molar-refractivity contribution is -0.133. The molecule has 1 aliphatic heterocycles. The molecule has 1 aromatic rings. The standard InChI is InChI=1S/C19H29N3O/c20-18-7-5-16(6-8-18)13-15-1-3-17(4-2-15)14-19(23)22-11-9-21-10-12-22/h5-8,15,17,21H,1-4,9-14,20H2. The molecule has 1 aromatic carbocycles. The van der Waals surface area contributed by atoms with Crippen LogP contribution in [0.3, 0.4) is 0 Å². The second-order valence-electron chi connectivity index (χ2n) is 7.17. The summed E-state index contributed by atoms with van der Waals surface area (Å²) in [7, 11) is 0. The molecule has 0 radical (unpaired) electrons. The number of carbonyl (C=O) groups is 1. The van der Waals surface area contributed by atoms with Gasteiger partial charge in [-0.2, -0.15) is 0 Å². The van der Waals surface area contributed by atoms with E-state index in [1.54, 1.807) is 0 Å². The molecule has 1 amide bonds. The molecular formula is C19H29N3O. The van der Waals surface area contributed by atoms with E-state index in [1.807, 2.05) is 17.0 Å². The van der Waals surface area contributed by atoms with Crippen LogP contribution >= 0.6 is 0 Å². The lowest BCUT2D eigenvalue weighted by Crippen LogP contribution is -2.46. The van der Waals surface area contributed by atoms with Crippen LogP contribution in [0.5, 0.6) is 0 Å². The topological polar surface area (TPSA) is 58.4 Å². The molecule has 3 rings (SSSR count). The average molecular weight is 315 g/mol. The maximum absolute atomic E-state index is 12.4. The third kappa shape index (κ3) is 4.71. The van der Waals surface area contributed by atoms with E-state index in [1.165, 1.54) is 31.2 Å². The maximum Gasteiger partial charge on any atom is 0.222 e. The van der Waals surface area contributed by atoms with E-state index in [-0.39, 0.29) is 0 Å². The first kappa shape index (κ1) is 16.3. The number of carbonyl (C=O) groups excluding carboxylic acids is 1. The Labute approximate surface area is 139 Å². The van der Waals surface area contributed by atoms with Gasteiger partial charge in [0, 0.05) is 38.3 Å². The Morgan fingerprint density at radius 2 is 1.65 bits per heavy atom. The summed E-state index contributed by atoms with van der Waals surface area (Å²) in [5.74, 6) is 1.73. The van der Waals surface area contributed by atoms with Crippen molar-refractivity contribution in [3.63, 3.8) is 0 Å². The molecule has 4 heteroatoms. The highest BCUT2D eigenvalue weighted by Gasteiger charge is 2.25. The van der Waals surface area contributed by atoms with Crippen LogP contribution in [0.4, 0.5) is 5.69 Å². The summed E-state index contributed by atoms with van der Waals surface area (Å²) in [6.45, 7) is 3.65. The number of hydrogen-bond acceptors (Lipinski definition) is 3. The minimum atomic E-state index is 0.369. The highest BCUT2D eigenvalue weighted by molar-refractivity contribution is 5.76. The van der Waals surface area contributed by atoms with Gasteiger partial charge in [0.25, 0.3) is 0 Å². The zero-order chi connectivity index (χ0) is 16.1. The summed E-state index contributed by atoms with van der Waals surface area (Å²) in [5, 5.41) is 3.30. The number of hydrogen-bond donors (Lipinski definition) is 2. The van der Waals surface area contributed by atoms with E-state index in [0.717, 1.165) is 50.6 Å². The Hall–Kier alpha value is -1.55. The fourth-order valence-corrected chi connectivity index (χ4v) is 3.92. The molecule has 1 aliphatic carbocycles. The highest BCUT2D eigenvalue weighted by atomic mass is 16.2. The van der Waals surface area contributed by atoms with Gasteiger partial charge in [0.05, 0.1) is 0 Å². The second kappa shape index (κ2) is 7.82. The maximum atomic E-state index is 12.4. The van der Waals surface area contributed by atoms with Crippen molar-refractivity contribution in [2.24, 2.45) is 11.8 Å². The van der Waals surface area contributed by atoms with Crippen molar-refractivity contribution >= 4 is 11.6 Å². The van der Waals surface area contributed by atoms with Crippen molar-refractivity contribution in [1.82, 2.24) is 10.2 Å². The van der Waals surface area contributed by atoms with Crippen molar-refractivity contribution in [1.29, 1.82) is 0 Å². The monoisotopic (exact) mass is 315 g/mol. The quantitative estimate of drug-likeness (QED) is 0.839. The number of nitrogens with zero attached hydrogens (tertiary/aromatic N) is 1. The molecule has 0 unspecified atom stereocenters. The van der Waals surface area contributed by atoms with E-state index in [2.05, 4.69) is 17.4 Å². The predicted octanol–water partition coefficient (Wildman–Crippen LogP) is 2.44. The summed E-state index contributed by atoms with van der Waals surface area (Å²) < 4.78 is 0. The number of nitrogens with two attached hydrogens (primary N) is 1. The van der Waals surface area contributed by atoms with E-state index in [4.69, 9.17) is 5.73 Å². The summed E-state index contributed by atoms with van der Waals surface area (Å²) in [6, 6.07) is 8.28. The number of amides is 1. The van der Waals surface area contributed by atoms with Crippen molar-refractivity contribution in [3.05, 3.63) is 29.8 Å². The van der Waals surface area contributed by atoms with Gasteiger partial charge in [-0.15, -0.1) is 0 Å². The first-order chi connectivity index (χ1) is 11.2. The molecular weight excluding hydrogens is 286 g/mol. The van der Waals surface area contributed by atoms with Crippen molar-refractivity contribution in [2.45, 2.75) is 38.5 Å². The summed E-state index contributed by atoms with van der Waals surface area (Å²) in [4.78, 5) is 14.4. The number of nitrogens with one attached hydrogen (secondary N) is 1. The summed E-state index contributed by atoms with van der Waals surface area (Å²) in [5.41, 5.74) is 7.97. The first-order valence-corrected chi connectivity index (χ1v) is 9.03. The predicted molar refractivity (Wildman–Crippen MR) is 94.1 cm³/mol. The van der Waals surface area contributed by atoms with Gasteiger partial charge in [-0.3, -0.25) is 4.79 Å². The molecule has 0 spiro atoms. The molecule has 0 aromatic heterocycles. The lowest BCUT2D eigenvalue weighted by Gasteiger charge is -2.32. The van der Waals surface area contributed by atoms with Gasteiger partial charge in [-0.25, -0.2) is 0 Å². The molecule has 0 atom stereocenters. The van der Waals surface area contributed by atoms with Gasteiger partial charge >= 0.3 is 0 Å². The number of benzene rings is 1. The number of piperazine rings is 1. The van der Waals surface area contributed by atoms with Crippen LogP contribution < -0.4 is 11.1 Å². The zero-order valence-electron chi connectivity index (χ0n) is 14.0. The fourth-order valence-electron chi connectivity index (χ4n) is 3.92. The molecule has 1 heterocycles. The molecule has 0 bridgehead atoms. The normalized spacial score (nSPS) is 25.3. The minimum absolute atomic E-state index is 0.369. The SMILES string of the molecule is Nc1ccc(CC2CCC(CC(=O)N3CCNCC3)CC2)cc1. The molecule has 1 saturated heterocycles. The largest absolute Gasteiger partial charge is 0.399 e. The number of anilines is 1. The smallest absolute Gasteiger partial charge is 0.222 e. The van der Waals surface area contributed by atoms with E-state index in [0.29, 0.717) is 11.8 Å². The van der Waals surface area contributed by atoms with Gasteiger partial charge in [-0.05, 0) is 61.6 Å². The van der Waals surface area contributed by atoms with Crippen molar-refractivity contribution < 1.29 is 4.79 Å². The average Bonchev–Trinajstić information content (AvgIpc) is 2.59. The molecule has 23 heavy (non-hydrogen) atoms. The molecule has 2 fully saturated rings. The summed E-state index contributed by atoms with van der Waals surface area (Å²) in [6.07, 6.45) is 6.83. The Morgan fingerprint density at radius 1 is 1.04 bits per heavy atom. The van der Waals surface area contributed by atoms with Crippen LogP contribution in [-0.2, 0) is 11.2 Å². The summed E-state index contributed by atoms with van der Waals surface area (Å²) >= 11 is 0. The lowest BCUT2D eigenvalue weighted by atomic mass is 9.78. The molecule has 2 aliphatic rings. The zero-order valence-corrected chi connectivity index (χ0v) is 14.0. The van der Waals surface area contributed by atoms with E-state index < -0.39 is 0 Å². The Balaban J connectivity index is 1.41. The Kier molecular flexibility index (Phi) is 5.55. The number of rotatable bonds is 4. The van der Waals surface area contributed by atoms with Crippen LogP contribution in [0.2, 0.25) is 0 Å². The third-order valence-electron chi connectivity index (χ3n) is 5.40. The van der Waals surface area contributed by atoms with Crippen molar-refractivity contribution in [2.75, 3.05) is 31.9 Å². The molecule has 126 valence electrons. The van der Waals surface area contributed by atoms with Gasteiger partial charge < -0.3 is 16.0 Å². The second-order valence-corrected chi connectivity index (χ2v) is 7.17. The van der Waals surface area contributed by atoms with Crippen LogP contribution in [0.1, 0.15) is 37.7 Å². The Morgan fingerprint density at radius 3 is 2.30 bits per heavy atom. The molecule has 1 saturated carbocycles. The van der Waals surface area contributed by atoms with Crippen LogP contribution in [0, 0.1) is 11.8 Å². The van der Waals surface area contributed by atoms with Gasteiger partial charge in [0.15, 0.2) is 0 Å². The van der Waals surface area contributed by atoms with Crippen LogP contribution in [0.25, 0.3) is 0 Å². The first-order valence-electron chi connectivity index (χ1n) is 9.03. The fraction of sp³-hybridized carbons (Fsp3) is 0.632. The highest BCUT2D eigenvalue weighted by Crippen LogP contribution is 2.33. The van der Waals surface area contributed by atoms with Crippen molar-refractivity contribution in [3.8, 4) is 0 Å². The van der Waals surface area contributed by atoms with E-state index >= 15 is 0 Å². The molecule has 4 nitrogen and oxygen atoms in total. The Bertz CT molecular complexity index is 500. The van der Waals surface area contributed by atoms with E-state index in [9.17, 15) is 4.79 Å².